The molecule has 0 bridgehead atoms. The van der Waals surface area contributed by atoms with Crippen LogP contribution in [0.5, 0.6) is 0 Å². The first-order valence-electron chi connectivity index (χ1n) is 9.65. The Hall–Kier alpha value is -0.900. The first-order chi connectivity index (χ1) is 11.0. The molecule has 2 N–H and O–H groups in total. The maximum Gasteiger partial charge on any atom is 0.0984 e. The molecule has 134 valence electrons. The van der Waals surface area contributed by atoms with E-state index in [0.717, 1.165) is 30.5 Å². The van der Waals surface area contributed by atoms with Crippen LogP contribution in [-0.2, 0) is 0 Å². The van der Waals surface area contributed by atoms with E-state index in [1.54, 1.807) is 0 Å². The van der Waals surface area contributed by atoms with Crippen LogP contribution in [0.4, 0.5) is 0 Å². The Bertz CT molecular complexity index is 349. The minimum Gasteiger partial charge on any atom is -0.307 e. The molecule has 0 radical (unpaired) electrons. The van der Waals surface area contributed by atoms with Crippen LogP contribution in [0.3, 0.4) is 0 Å². The van der Waals surface area contributed by atoms with Gasteiger partial charge in [-0.2, -0.15) is 10.1 Å². The van der Waals surface area contributed by atoms with Gasteiger partial charge in [-0.25, -0.2) is 5.53 Å². The summed E-state index contributed by atoms with van der Waals surface area (Å²) in [5.74, 6) is 1.62. The largest absolute Gasteiger partial charge is 0.307 e. The topological polar surface area (TPSA) is 51.5 Å². The van der Waals surface area contributed by atoms with Crippen LogP contribution in [-0.4, -0.2) is 29.5 Å². The van der Waals surface area contributed by atoms with Gasteiger partial charge in [0.05, 0.1) is 11.8 Å². The fourth-order valence-electron chi connectivity index (χ4n) is 3.14. The lowest BCUT2D eigenvalue weighted by Crippen LogP contribution is -2.41. The van der Waals surface area contributed by atoms with E-state index in [-0.39, 0.29) is 0 Å². The average molecular weight is 323 g/mol. The summed E-state index contributed by atoms with van der Waals surface area (Å²) in [6.07, 6.45) is 12.9. The van der Waals surface area contributed by atoms with Gasteiger partial charge in [0, 0.05) is 12.8 Å². The summed E-state index contributed by atoms with van der Waals surface area (Å²) in [6.45, 7) is 10.2. The normalized spacial score (nSPS) is 18.5. The molecule has 1 heterocycles. The Morgan fingerprint density at radius 3 is 2.17 bits per heavy atom. The van der Waals surface area contributed by atoms with Gasteiger partial charge in [-0.15, -0.1) is 0 Å². The van der Waals surface area contributed by atoms with Crippen LogP contribution in [0.2, 0.25) is 0 Å². The smallest absolute Gasteiger partial charge is 0.0984 e. The summed E-state index contributed by atoms with van der Waals surface area (Å²) in [7, 11) is 0. The predicted molar refractivity (Wildman–Crippen MR) is 101 cm³/mol. The maximum absolute atomic E-state index is 7.56. The minimum atomic E-state index is 0.302. The van der Waals surface area contributed by atoms with Crippen molar-refractivity contribution in [2.45, 2.75) is 91.5 Å². The predicted octanol–water partition coefficient (Wildman–Crippen LogP) is 5.00. The van der Waals surface area contributed by atoms with Gasteiger partial charge >= 0.3 is 0 Å². The number of hydrogen-bond donors (Lipinski definition) is 2. The molecule has 4 nitrogen and oxygen atoms in total. The van der Waals surface area contributed by atoms with Crippen molar-refractivity contribution in [2.24, 2.45) is 16.9 Å². The molecular formula is C19H38N4. The molecule has 0 saturated carbocycles. The van der Waals surface area contributed by atoms with E-state index in [0.29, 0.717) is 6.04 Å². The molecule has 0 aromatic rings. The highest BCUT2D eigenvalue weighted by Crippen LogP contribution is 2.17. The number of rotatable bonds is 13. The monoisotopic (exact) mass is 322 g/mol. The molecule has 0 aliphatic carbocycles. The molecule has 1 atom stereocenters. The molecule has 23 heavy (non-hydrogen) atoms. The van der Waals surface area contributed by atoms with Gasteiger partial charge in [0.15, 0.2) is 0 Å². The number of nitrogens with one attached hydrogen (secondary N) is 2. The Kier molecular flexibility index (Phi) is 10.2. The molecule has 0 spiro atoms. The van der Waals surface area contributed by atoms with E-state index >= 15 is 0 Å². The van der Waals surface area contributed by atoms with E-state index in [2.05, 4.69) is 43.3 Å². The number of hydrazine groups is 1. The molecule has 0 aromatic carbocycles. The summed E-state index contributed by atoms with van der Waals surface area (Å²) in [5.41, 5.74) is 4.04. The molecule has 0 amide bonds. The summed E-state index contributed by atoms with van der Waals surface area (Å²) in [6, 6.07) is 0.302. The van der Waals surface area contributed by atoms with Crippen molar-refractivity contribution in [3.05, 3.63) is 0 Å². The summed E-state index contributed by atoms with van der Waals surface area (Å²) in [5, 5.41) is 14.1. The first kappa shape index (κ1) is 20.1. The number of hydrogen-bond acceptors (Lipinski definition) is 4. The quantitative estimate of drug-likeness (QED) is 0.370. The second kappa shape index (κ2) is 11.6. The third kappa shape index (κ3) is 8.50. The number of nitrogens with zero attached hydrogens (tertiary/aromatic N) is 2. The van der Waals surface area contributed by atoms with E-state index < -0.39 is 0 Å². The van der Waals surface area contributed by atoms with Crippen LogP contribution in [0.15, 0.2) is 5.10 Å². The highest BCUT2D eigenvalue weighted by atomic mass is 15.7. The zero-order valence-corrected chi connectivity index (χ0v) is 15.8. The van der Waals surface area contributed by atoms with Crippen LogP contribution >= 0.6 is 0 Å². The Morgan fingerprint density at radius 1 is 1.00 bits per heavy atom. The molecule has 4 heteroatoms. The van der Waals surface area contributed by atoms with Crippen LogP contribution < -0.4 is 5.53 Å². The third-order valence-corrected chi connectivity index (χ3v) is 4.61. The molecule has 1 unspecified atom stereocenters. The number of unbranched alkanes of at least 4 members (excludes halogenated alkanes) is 4. The zero-order chi connectivity index (χ0) is 17.1. The summed E-state index contributed by atoms with van der Waals surface area (Å²) < 4.78 is 0. The Morgan fingerprint density at radius 2 is 1.61 bits per heavy atom. The standard InChI is InChI=1S/C19H38N4/c1-16(2)11-7-5-9-13-19-18(15-20)21-22-23(19)14-10-6-8-12-17(3)4/h15-17,19-20,22H,5-14H2,1-4H3. The van der Waals surface area contributed by atoms with Gasteiger partial charge in [-0.1, -0.05) is 72.6 Å². The van der Waals surface area contributed by atoms with Crippen molar-refractivity contribution >= 4 is 11.9 Å². The molecule has 0 fully saturated rings. The van der Waals surface area contributed by atoms with E-state index in [1.807, 2.05) is 0 Å². The van der Waals surface area contributed by atoms with Crippen LogP contribution in [0.25, 0.3) is 0 Å². The van der Waals surface area contributed by atoms with Gasteiger partial charge < -0.3 is 5.41 Å². The van der Waals surface area contributed by atoms with Crippen molar-refractivity contribution in [2.75, 3.05) is 6.54 Å². The lowest BCUT2D eigenvalue weighted by atomic mass is 10.0. The van der Waals surface area contributed by atoms with E-state index in [1.165, 1.54) is 57.6 Å². The molecule has 0 saturated heterocycles. The van der Waals surface area contributed by atoms with Gasteiger partial charge in [-0.05, 0) is 24.7 Å². The van der Waals surface area contributed by atoms with Gasteiger partial charge in [-0.3, -0.25) is 0 Å². The fourth-order valence-corrected chi connectivity index (χ4v) is 3.14. The summed E-state index contributed by atoms with van der Waals surface area (Å²) >= 11 is 0. The van der Waals surface area contributed by atoms with Crippen molar-refractivity contribution in [3.63, 3.8) is 0 Å². The Balaban J connectivity index is 2.24. The van der Waals surface area contributed by atoms with Crippen LogP contribution in [0, 0.1) is 17.2 Å². The SMILES string of the molecule is CC(C)CCCCCC1C(C=N)=NNN1CCCCCC(C)C. The van der Waals surface area contributed by atoms with Gasteiger partial charge in [0.1, 0.15) is 0 Å². The average Bonchev–Trinajstić information content (AvgIpc) is 2.88. The van der Waals surface area contributed by atoms with Crippen molar-refractivity contribution in [1.82, 2.24) is 10.5 Å². The molecule has 1 rings (SSSR count). The highest BCUT2D eigenvalue weighted by Gasteiger charge is 2.27. The molecule has 0 aromatic heterocycles. The molecule has 1 aliphatic rings. The minimum absolute atomic E-state index is 0.302. The highest BCUT2D eigenvalue weighted by molar-refractivity contribution is 6.32. The lowest BCUT2D eigenvalue weighted by molar-refractivity contribution is 0.174. The van der Waals surface area contributed by atoms with Crippen molar-refractivity contribution < 1.29 is 0 Å². The maximum atomic E-state index is 7.56. The van der Waals surface area contributed by atoms with E-state index in [4.69, 9.17) is 5.41 Å². The second-order valence-corrected chi connectivity index (χ2v) is 7.77. The first-order valence-corrected chi connectivity index (χ1v) is 9.65. The van der Waals surface area contributed by atoms with Crippen LogP contribution in [0.1, 0.15) is 85.5 Å². The van der Waals surface area contributed by atoms with Gasteiger partial charge in [0.2, 0.25) is 0 Å². The molecular weight excluding hydrogens is 284 g/mol. The van der Waals surface area contributed by atoms with Crippen molar-refractivity contribution in [3.8, 4) is 0 Å². The van der Waals surface area contributed by atoms with E-state index in [9.17, 15) is 0 Å². The third-order valence-electron chi connectivity index (χ3n) is 4.61. The van der Waals surface area contributed by atoms with Crippen molar-refractivity contribution in [1.29, 1.82) is 5.41 Å². The summed E-state index contributed by atoms with van der Waals surface area (Å²) in [4.78, 5) is 0. The fraction of sp³-hybridized carbons (Fsp3) is 0.895. The lowest BCUT2D eigenvalue weighted by Gasteiger charge is -2.23. The number of hydrazone groups is 1. The van der Waals surface area contributed by atoms with Gasteiger partial charge in [0.25, 0.3) is 0 Å². The Labute approximate surface area is 143 Å². The zero-order valence-electron chi connectivity index (χ0n) is 15.8. The molecule has 1 aliphatic heterocycles. The second-order valence-electron chi connectivity index (χ2n) is 7.77.